The van der Waals surface area contributed by atoms with E-state index in [1.807, 2.05) is 6.92 Å². The van der Waals surface area contributed by atoms with Crippen LogP contribution >= 0.6 is 0 Å². The first-order chi connectivity index (χ1) is 32.2. The first-order valence-electron chi connectivity index (χ1n) is 22.6. The van der Waals surface area contributed by atoms with Crippen LogP contribution in [0.2, 0.25) is 0 Å². The molecule has 2 unspecified atom stereocenters. The molecule has 67 heavy (non-hydrogen) atoms. The number of morpholine rings is 1. The van der Waals surface area contributed by atoms with Crippen molar-refractivity contribution in [3.63, 3.8) is 0 Å². The van der Waals surface area contributed by atoms with Gasteiger partial charge in [-0.25, -0.2) is 0 Å². The fraction of sp³-hybridized carbons (Fsp3) is 0.574. The molecule has 2 aromatic carbocycles. The number of ether oxygens (including phenoxy) is 9. The lowest BCUT2D eigenvalue weighted by atomic mass is 9.72. The van der Waals surface area contributed by atoms with Crippen molar-refractivity contribution in [2.75, 3.05) is 53.7 Å². The number of hydrogen-bond acceptors (Lipinski definition) is 19. The summed E-state index contributed by atoms with van der Waals surface area (Å²) < 4.78 is 53.6. The molecule has 2 aliphatic carbocycles. The maximum atomic E-state index is 14.2. The van der Waals surface area contributed by atoms with Gasteiger partial charge >= 0.3 is 0 Å². The minimum absolute atomic E-state index is 0.0592. The molecule has 20 nitrogen and oxygen atoms in total. The number of phenolic OH excluding ortho intramolecular Hbond substituents is 2. The molecule has 20 heteroatoms. The summed E-state index contributed by atoms with van der Waals surface area (Å²) in [5.74, 6) is -4.61. The van der Waals surface area contributed by atoms with Gasteiger partial charge in [0.25, 0.3) is 11.8 Å². The summed E-state index contributed by atoms with van der Waals surface area (Å²) in [5.41, 5.74) is -3.61. The zero-order valence-corrected chi connectivity index (χ0v) is 37.3. The molecule has 7 aliphatic rings. The zero-order chi connectivity index (χ0) is 47.3. The highest BCUT2D eigenvalue weighted by Gasteiger charge is 2.55. The van der Waals surface area contributed by atoms with Crippen LogP contribution in [-0.4, -0.2) is 169 Å². The van der Waals surface area contributed by atoms with Gasteiger partial charge in [0.2, 0.25) is 5.78 Å². The molecule has 0 bridgehead atoms. The van der Waals surface area contributed by atoms with E-state index in [9.17, 15) is 44.1 Å². The van der Waals surface area contributed by atoms with Gasteiger partial charge < -0.3 is 58.0 Å². The van der Waals surface area contributed by atoms with Gasteiger partial charge in [-0.3, -0.25) is 38.6 Å². The van der Waals surface area contributed by atoms with E-state index in [1.54, 1.807) is 0 Å². The molecular weight excluding hydrogens is 881 g/mol. The Morgan fingerprint density at radius 3 is 2.46 bits per heavy atom. The SMILES string of the molecule is COc1cccc2c1C(=O)c1c(O)c3c(c(O)c1C2=O)C[C@@](O)(C(=O)COC1CCCC(COCC(=O)CCCN2C(=O)C=CC2=O)O1)C[C@@H]3O[C@H]1C[C@H]2[C@H](O[C@@H]3[C@@H](OC)OCCN32)[C@H](C)O1. The van der Waals surface area contributed by atoms with Crippen LogP contribution < -0.4 is 4.74 Å². The molecule has 10 atom stereocenters. The van der Waals surface area contributed by atoms with Gasteiger partial charge in [0.15, 0.2) is 42.4 Å². The van der Waals surface area contributed by atoms with E-state index in [1.165, 1.54) is 44.6 Å². The summed E-state index contributed by atoms with van der Waals surface area (Å²) in [6.07, 6.45) is -2.09. The number of rotatable bonds is 16. The average molecular weight is 935 g/mol. The molecule has 3 N–H and O–H groups in total. The van der Waals surface area contributed by atoms with Crippen LogP contribution in [0.15, 0.2) is 30.4 Å². The Kier molecular flexibility index (Phi) is 13.5. The molecule has 2 aromatic rings. The van der Waals surface area contributed by atoms with Crippen LogP contribution in [0.5, 0.6) is 17.2 Å². The molecule has 4 fully saturated rings. The van der Waals surface area contributed by atoms with Crippen molar-refractivity contribution in [1.82, 2.24) is 9.80 Å². The Morgan fingerprint density at radius 2 is 1.70 bits per heavy atom. The van der Waals surface area contributed by atoms with Gasteiger partial charge in [-0.05, 0) is 38.7 Å². The number of carbonyl (C=O) groups is 6. The highest BCUT2D eigenvalue weighted by molar-refractivity contribution is 6.31. The first-order valence-corrected chi connectivity index (χ1v) is 22.6. The third kappa shape index (κ3) is 8.84. The summed E-state index contributed by atoms with van der Waals surface area (Å²) in [7, 11) is 2.87. The highest BCUT2D eigenvalue weighted by Crippen LogP contribution is 2.53. The van der Waals surface area contributed by atoms with Gasteiger partial charge in [0.1, 0.15) is 42.2 Å². The quantitative estimate of drug-likeness (QED) is 0.137. The highest BCUT2D eigenvalue weighted by atomic mass is 16.7. The monoisotopic (exact) mass is 934 g/mol. The summed E-state index contributed by atoms with van der Waals surface area (Å²) in [4.78, 5) is 81.7. The van der Waals surface area contributed by atoms with E-state index < -0.39 is 120 Å². The van der Waals surface area contributed by atoms with Crippen molar-refractivity contribution in [2.45, 2.75) is 119 Å². The maximum Gasteiger partial charge on any atom is 0.253 e. The van der Waals surface area contributed by atoms with E-state index >= 15 is 0 Å². The number of aliphatic hydroxyl groups is 1. The molecule has 360 valence electrons. The summed E-state index contributed by atoms with van der Waals surface area (Å²) in [6, 6.07) is 4.21. The summed E-state index contributed by atoms with van der Waals surface area (Å²) in [6.45, 7) is 2.12. The lowest BCUT2D eigenvalue weighted by Crippen LogP contribution is -2.55. The van der Waals surface area contributed by atoms with Crippen LogP contribution in [0, 0.1) is 0 Å². The number of ketones is 4. The van der Waals surface area contributed by atoms with Crippen molar-refractivity contribution >= 4 is 34.9 Å². The van der Waals surface area contributed by atoms with Crippen molar-refractivity contribution < 1.29 is 86.7 Å². The van der Waals surface area contributed by atoms with E-state index in [-0.39, 0.29) is 78.5 Å². The number of imide groups is 1. The second-order valence-electron chi connectivity index (χ2n) is 17.9. The Morgan fingerprint density at radius 1 is 0.925 bits per heavy atom. The minimum atomic E-state index is -2.29. The minimum Gasteiger partial charge on any atom is -0.507 e. The Hall–Kier alpha value is -5.00. The average Bonchev–Trinajstić information content (AvgIpc) is 3.86. The lowest BCUT2D eigenvalue weighted by Gasteiger charge is -2.43. The Labute approximate surface area is 384 Å². The maximum absolute atomic E-state index is 14.2. The largest absolute Gasteiger partial charge is 0.507 e. The van der Waals surface area contributed by atoms with Gasteiger partial charge in [0, 0.05) is 80.8 Å². The molecule has 0 radical (unpaired) electrons. The van der Waals surface area contributed by atoms with Gasteiger partial charge in [-0.1, -0.05) is 12.1 Å². The third-order valence-electron chi connectivity index (χ3n) is 13.7. The summed E-state index contributed by atoms with van der Waals surface area (Å²) in [5, 5.41) is 36.5. The summed E-state index contributed by atoms with van der Waals surface area (Å²) >= 11 is 0. The van der Waals surface area contributed by atoms with E-state index in [4.69, 9.17) is 42.6 Å². The molecule has 0 spiro atoms. The van der Waals surface area contributed by atoms with E-state index in [0.29, 0.717) is 38.8 Å². The Balaban J connectivity index is 0.909. The van der Waals surface area contributed by atoms with Crippen LogP contribution in [0.1, 0.15) is 101 Å². The lowest BCUT2D eigenvalue weighted by molar-refractivity contribution is -0.256. The van der Waals surface area contributed by atoms with Crippen molar-refractivity contribution in [3.8, 4) is 17.2 Å². The number of hydrogen-bond donors (Lipinski definition) is 3. The fourth-order valence-corrected chi connectivity index (χ4v) is 10.4. The molecule has 0 saturated carbocycles. The predicted octanol–water partition coefficient (Wildman–Crippen LogP) is 1.92. The van der Waals surface area contributed by atoms with Crippen LogP contribution in [0.3, 0.4) is 0 Å². The number of carbonyl (C=O) groups excluding carboxylic acids is 6. The fourth-order valence-electron chi connectivity index (χ4n) is 10.4. The smallest absolute Gasteiger partial charge is 0.253 e. The number of benzene rings is 2. The number of aromatic hydroxyl groups is 2. The number of Topliss-reactive ketones (excluding diaryl/α,β-unsaturated/α-hetero) is 2. The molecule has 5 aliphatic heterocycles. The van der Waals surface area contributed by atoms with E-state index in [2.05, 4.69) is 4.90 Å². The number of amides is 2. The zero-order valence-electron chi connectivity index (χ0n) is 37.3. The predicted molar refractivity (Wildman–Crippen MR) is 226 cm³/mol. The number of methoxy groups -OCH3 is 2. The number of nitrogens with zero attached hydrogens (tertiary/aromatic N) is 2. The van der Waals surface area contributed by atoms with Gasteiger partial charge in [-0.15, -0.1) is 0 Å². The van der Waals surface area contributed by atoms with Crippen molar-refractivity contribution in [2.24, 2.45) is 0 Å². The first kappa shape index (κ1) is 47.1. The number of phenols is 2. The normalized spacial score (nSPS) is 31.3. The van der Waals surface area contributed by atoms with Crippen molar-refractivity contribution in [3.05, 3.63) is 63.7 Å². The van der Waals surface area contributed by atoms with Crippen LogP contribution in [0.25, 0.3) is 0 Å². The van der Waals surface area contributed by atoms with Gasteiger partial charge in [0.05, 0.1) is 55.3 Å². The topological polar surface area (TPSA) is 253 Å². The van der Waals surface area contributed by atoms with Crippen LogP contribution in [-0.2, 0) is 63.5 Å². The second kappa shape index (κ2) is 19.2. The molecule has 4 saturated heterocycles. The number of fused-ring (bicyclic) bond motifs is 6. The van der Waals surface area contributed by atoms with Crippen molar-refractivity contribution in [1.29, 1.82) is 0 Å². The third-order valence-corrected chi connectivity index (χ3v) is 13.7. The molecule has 2 amide bonds. The van der Waals surface area contributed by atoms with Crippen LogP contribution in [0.4, 0.5) is 0 Å². The standard InChI is InChI=1S/C47H54N2O18/c1-23-44-28(48-15-16-62-46(60-3)45(48)67-44)17-35(64-23)66-30-19-47(58,18-27-37(30)43(57)39-38(41(27)55)40(54)26-9-5-10-29(59-2)36(26)42(39)56)31(51)22-63-34-11-4-8-25(65-34)21-61-20-24(50)7-6-14-49-32(52)12-13-33(49)53/h5,9-10,12-13,23,25,28,30,34-35,44-46,55,57-58H,4,6-8,11,14-22H2,1-3H3/t23-,25?,28-,30-,34?,35-,44+,45+,46-,47-/m0/s1. The molecule has 5 heterocycles. The molecular formula is C47H54N2O18. The Bertz CT molecular complexity index is 2350. The van der Waals surface area contributed by atoms with Gasteiger partial charge in [-0.2, -0.15) is 0 Å². The molecule has 0 aromatic heterocycles. The van der Waals surface area contributed by atoms with E-state index in [0.717, 1.165) is 4.90 Å². The molecule has 9 rings (SSSR count). The second-order valence-corrected chi connectivity index (χ2v) is 17.9.